The Morgan fingerprint density at radius 1 is 0.921 bits per heavy atom. The van der Waals surface area contributed by atoms with Gasteiger partial charge in [-0.2, -0.15) is 0 Å². The van der Waals surface area contributed by atoms with Gasteiger partial charge in [-0.3, -0.25) is 14.5 Å². The molecule has 8 heteroatoms. The topological polar surface area (TPSA) is 72.2 Å². The van der Waals surface area contributed by atoms with Crippen molar-refractivity contribution in [2.75, 3.05) is 39.4 Å². The molecule has 1 amide bonds. The summed E-state index contributed by atoms with van der Waals surface area (Å²) in [5.74, 6) is 0.462. The van der Waals surface area contributed by atoms with E-state index in [2.05, 4.69) is 4.90 Å². The molecule has 0 aliphatic carbocycles. The monoisotopic (exact) mass is 530 g/mol. The van der Waals surface area contributed by atoms with Crippen molar-refractivity contribution in [1.82, 2.24) is 9.80 Å². The lowest BCUT2D eigenvalue weighted by Gasteiger charge is -2.31. The Bertz CT molecular complexity index is 1530. The molecule has 194 valence electrons. The number of halogens is 1. The molecule has 0 radical (unpaired) electrons. The van der Waals surface area contributed by atoms with E-state index in [1.54, 1.807) is 23.1 Å². The van der Waals surface area contributed by atoms with E-state index in [4.69, 9.17) is 25.5 Å². The summed E-state index contributed by atoms with van der Waals surface area (Å²) in [7, 11) is 0. The van der Waals surface area contributed by atoms with Crippen molar-refractivity contribution >= 4 is 28.5 Å². The van der Waals surface area contributed by atoms with Crippen LogP contribution in [0.3, 0.4) is 0 Å². The van der Waals surface area contributed by atoms with Crippen LogP contribution in [0.5, 0.6) is 5.75 Å². The van der Waals surface area contributed by atoms with E-state index < -0.39 is 6.04 Å². The molecule has 1 saturated heterocycles. The van der Waals surface area contributed by atoms with E-state index >= 15 is 0 Å². The Labute approximate surface area is 225 Å². The summed E-state index contributed by atoms with van der Waals surface area (Å²) in [5, 5.41) is 0.798. The highest BCUT2D eigenvalue weighted by atomic mass is 35.5. The maximum atomic E-state index is 13.8. The van der Waals surface area contributed by atoms with Crippen molar-refractivity contribution in [3.05, 3.63) is 110 Å². The van der Waals surface area contributed by atoms with Gasteiger partial charge in [0.25, 0.3) is 5.91 Å². The molecule has 3 aromatic carbocycles. The lowest BCUT2D eigenvalue weighted by Crippen LogP contribution is -2.42. The van der Waals surface area contributed by atoms with Crippen LogP contribution in [0, 0.1) is 0 Å². The third-order valence-corrected chi connectivity index (χ3v) is 7.35. The molecule has 38 heavy (non-hydrogen) atoms. The minimum Gasteiger partial charge on any atom is -0.489 e. The number of hydrogen-bond acceptors (Lipinski definition) is 6. The van der Waals surface area contributed by atoms with Gasteiger partial charge in [0.2, 0.25) is 5.76 Å². The quantitative estimate of drug-likeness (QED) is 0.338. The smallest absolute Gasteiger partial charge is 0.290 e. The van der Waals surface area contributed by atoms with E-state index in [1.165, 1.54) is 0 Å². The highest BCUT2D eigenvalue weighted by molar-refractivity contribution is 6.31. The summed E-state index contributed by atoms with van der Waals surface area (Å²) in [5.41, 5.74) is 2.28. The molecule has 3 heterocycles. The number of fused-ring (bicyclic) bond motifs is 2. The van der Waals surface area contributed by atoms with Gasteiger partial charge in [0.05, 0.1) is 30.2 Å². The third-order valence-electron chi connectivity index (χ3n) is 7.11. The van der Waals surface area contributed by atoms with Crippen molar-refractivity contribution in [3.8, 4) is 5.75 Å². The van der Waals surface area contributed by atoms with Crippen molar-refractivity contribution in [2.24, 2.45) is 0 Å². The van der Waals surface area contributed by atoms with Crippen LogP contribution in [-0.4, -0.2) is 55.1 Å². The molecule has 6 rings (SSSR count). The first-order valence-corrected chi connectivity index (χ1v) is 13.1. The zero-order chi connectivity index (χ0) is 26.1. The highest BCUT2D eigenvalue weighted by Gasteiger charge is 2.42. The second-order valence-corrected chi connectivity index (χ2v) is 9.95. The number of hydrogen-bond donors (Lipinski definition) is 0. The van der Waals surface area contributed by atoms with Gasteiger partial charge >= 0.3 is 0 Å². The van der Waals surface area contributed by atoms with Crippen LogP contribution in [0.4, 0.5) is 0 Å². The molecule has 1 aromatic heterocycles. The minimum atomic E-state index is -0.599. The number of amides is 1. The summed E-state index contributed by atoms with van der Waals surface area (Å²) < 4.78 is 17.6. The first-order valence-electron chi connectivity index (χ1n) is 12.7. The summed E-state index contributed by atoms with van der Waals surface area (Å²) in [6.45, 7) is 4.48. The summed E-state index contributed by atoms with van der Waals surface area (Å²) in [4.78, 5) is 31.5. The van der Waals surface area contributed by atoms with Crippen LogP contribution in [0.15, 0.2) is 82.0 Å². The van der Waals surface area contributed by atoms with Gasteiger partial charge in [0.1, 0.15) is 17.9 Å². The van der Waals surface area contributed by atoms with Crippen LogP contribution in [-0.2, 0) is 11.3 Å². The van der Waals surface area contributed by atoms with Gasteiger partial charge in [-0.1, -0.05) is 54.1 Å². The van der Waals surface area contributed by atoms with Gasteiger partial charge in [-0.05, 0) is 41.5 Å². The van der Waals surface area contributed by atoms with E-state index in [1.807, 2.05) is 54.6 Å². The van der Waals surface area contributed by atoms with Crippen LogP contribution in [0.1, 0.15) is 33.3 Å². The first-order chi connectivity index (χ1) is 18.6. The van der Waals surface area contributed by atoms with Gasteiger partial charge in [-0.15, -0.1) is 0 Å². The maximum absolute atomic E-state index is 13.8. The predicted octanol–water partition coefficient (Wildman–Crippen LogP) is 4.90. The van der Waals surface area contributed by atoms with Crippen LogP contribution in [0.2, 0.25) is 5.02 Å². The van der Waals surface area contributed by atoms with E-state index in [0.717, 1.165) is 24.2 Å². The standard InChI is InChI=1S/C30H27ClN2O5/c31-22-9-10-25-24(18-22)28(34)26-27(21-7-4-8-23(17-21)37-19-20-5-2-1-3-6-20)33(30(35)29(26)38-25)12-11-32-13-15-36-16-14-32/h1-10,17-18,27H,11-16,19H2. The predicted molar refractivity (Wildman–Crippen MR) is 145 cm³/mol. The molecule has 7 nitrogen and oxygen atoms in total. The number of carbonyl (C=O) groups excluding carboxylic acids is 1. The Morgan fingerprint density at radius 3 is 2.55 bits per heavy atom. The molecule has 0 spiro atoms. The third kappa shape index (κ3) is 4.80. The lowest BCUT2D eigenvalue weighted by atomic mass is 9.98. The Balaban J connectivity index is 1.38. The van der Waals surface area contributed by atoms with Gasteiger partial charge < -0.3 is 18.8 Å². The second-order valence-electron chi connectivity index (χ2n) is 9.52. The summed E-state index contributed by atoms with van der Waals surface area (Å²) >= 11 is 6.20. The zero-order valence-corrected chi connectivity index (χ0v) is 21.5. The van der Waals surface area contributed by atoms with Crippen molar-refractivity contribution < 1.29 is 18.7 Å². The molecule has 0 saturated carbocycles. The summed E-state index contributed by atoms with van der Waals surface area (Å²) in [6.07, 6.45) is 0. The zero-order valence-electron chi connectivity index (χ0n) is 20.8. The Kier molecular flexibility index (Phi) is 6.89. The largest absolute Gasteiger partial charge is 0.489 e. The number of benzene rings is 3. The van der Waals surface area contributed by atoms with Gasteiger partial charge in [-0.25, -0.2) is 0 Å². The molecular formula is C30H27ClN2O5. The molecule has 4 aromatic rings. The van der Waals surface area contributed by atoms with E-state index in [9.17, 15) is 9.59 Å². The number of ether oxygens (including phenoxy) is 2. The second kappa shape index (κ2) is 10.6. The summed E-state index contributed by atoms with van der Waals surface area (Å²) in [6, 6.07) is 21.8. The molecular weight excluding hydrogens is 504 g/mol. The molecule has 1 fully saturated rings. The molecule has 1 unspecified atom stereocenters. The highest BCUT2D eigenvalue weighted by Crippen LogP contribution is 2.39. The van der Waals surface area contributed by atoms with E-state index in [0.29, 0.717) is 60.2 Å². The number of nitrogens with zero attached hydrogens (tertiary/aromatic N) is 2. The number of carbonyl (C=O) groups is 1. The van der Waals surface area contributed by atoms with Gasteiger partial charge in [0.15, 0.2) is 5.43 Å². The maximum Gasteiger partial charge on any atom is 0.290 e. The molecule has 0 N–H and O–H groups in total. The normalized spacial score (nSPS) is 17.7. The first kappa shape index (κ1) is 24.7. The molecule has 1 atom stereocenters. The average molecular weight is 531 g/mol. The Hall–Kier alpha value is -3.65. The van der Waals surface area contributed by atoms with Crippen LogP contribution in [0.25, 0.3) is 11.0 Å². The average Bonchev–Trinajstić information content (AvgIpc) is 3.24. The SMILES string of the molecule is O=C1c2oc3ccc(Cl)cc3c(=O)c2C(c2cccc(OCc3ccccc3)c2)N1CCN1CCOCC1. The Morgan fingerprint density at radius 2 is 1.74 bits per heavy atom. The van der Waals surface area contributed by atoms with Crippen molar-refractivity contribution in [3.63, 3.8) is 0 Å². The molecule has 2 aliphatic rings. The van der Waals surface area contributed by atoms with Crippen LogP contribution >= 0.6 is 11.6 Å². The fraction of sp³-hybridized carbons (Fsp3) is 0.267. The number of morpholine rings is 1. The lowest BCUT2D eigenvalue weighted by molar-refractivity contribution is 0.0314. The molecule has 2 aliphatic heterocycles. The van der Waals surface area contributed by atoms with Crippen LogP contribution < -0.4 is 10.2 Å². The fourth-order valence-corrected chi connectivity index (χ4v) is 5.33. The van der Waals surface area contributed by atoms with Gasteiger partial charge in [0, 0.05) is 31.2 Å². The number of rotatable bonds is 7. The minimum absolute atomic E-state index is 0.0902. The van der Waals surface area contributed by atoms with Crippen molar-refractivity contribution in [2.45, 2.75) is 12.6 Å². The van der Waals surface area contributed by atoms with E-state index in [-0.39, 0.29) is 17.1 Å². The fourth-order valence-electron chi connectivity index (χ4n) is 5.16. The molecule has 0 bridgehead atoms. The van der Waals surface area contributed by atoms with Crippen molar-refractivity contribution in [1.29, 1.82) is 0 Å².